The molecule has 0 spiro atoms. The molecule has 3 aliphatic rings. The summed E-state index contributed by atoms with van der Waals surface area (Å²) in [5, 5.41) is 1.80. The van der Waals surface area contributed by atoms with Crippen molar-refractivity contribution < 1.29 is 19.1 Å². The first-order valence-corrected chi connectivity index (χ1v) is 9.43. The van der Waals surface area contributed by atoms with Crippen LogP contribution >= 0.6 is 11.3 Å². The summed E-state index contributed by atoms with van der Waals surface area (Å²) in [5.74, 6) is -0.547. The van der Waals surface area contributed by atoms with Gasteiger partial charge in [0, 0.05) is 6.07 Å². The quantitative estimate of drug-likeness (QED) is 0.362. The monoisotopic (exact) mass is 365 g/mol. The van der Waals surface area contributed by atoms with Crippen LogP contribution in [0.25, 0.3) is 0 Å². The highest BCUT2D eigenvalue weighted by Gasteiger charge is 2.59. The van der Waals surface area contributed by atoms with Crippen molar-refractivity contribution in [2.45, 2.75) is 6.42 Å². The fourth-order valence-corrected chi connectivity index (χ4v) is 4.99. The lowest BCUT2D eigenvalue weighted by molar-refractivity contribution is -0.123. The van der Waals surface area contributed by atoms with Gasteiger partial charge in [-0.2, -0.15) is 0 Å². The number of esters is 1. The van der Waals surface area contributed by atoms with Gasteiger partial charge in [-0.05, 0) is 41.8 Å². The molecule has 1 saturated heterocycles. The Kier molecular flexibility index (Phi) is 3.37. The van der Waals surface area contributed by atoms with Gasteiger partial charge in [-0.15, -0.1) is 11.3 Å². The van der Waals surface area contributed by atoms with E-state index in [-0.39, 0.29) is 35.5 Å². The van der Waals surface area contributed by atoms with Crippen LogP contribution in [0.3, 0.4) is 0 Å². The summed E-state index contributed by atoms with van der Waals surface area (Å²) in [6.07, 6.45) is 5.04. The van der Waals surface area contributed by atoms with E-state index in [2.05, 4.69) is 12.2 Å². The molecule has 0 N–H and O–H groups in total. The smallest absolute Gasteiger partial charge is 0.353 e. The van der Waals surface area contributed by atoms with Gasteiger partial charge < -0.3 is 4.74 Å². The molecule has 1 aromatic heterocycles. The summed E-state index contributed by atoms with van der Waals surface area (Å²) in [6.45, 7) is 0. The van der Waals surface area contributed by atoms with Crippen LogP contribution in [0.5, 0.6) is 5.75 Å². The molecule has 2 heterocycles. The first kappa shape index (κ1) is 15.5. The predicted molar refractivity (Wildman–Crippen MR) is 95.9 cm³/mol. The van der Waals surface area contributed by atoms with Crippen molar-refractivity contribution in [3.63, 3.8) is 0 Å². The van der Waals surface area contributed by atoms with Crippen LogP contribution in [0.2, 0.25) is 0 Å². The van der Waals surface area contributed by atoms with Crippen LogP contribution in [0.15, 0.2) is 53.9 Å². The molecule has 2 aliphatic carbocycles. The molecule has 1 saturated carbocycles. The van der Waals surface area contributed by atoms with Gasteiger partial charge in [0.05, 0.1) is 17.5 Å². The number of anilines is 1. The Balaban J connectivity index is 1.42. The number of thiophene rings is 1. The fraction of sp³-hybridized carbons (Fsp3) is 0.250. The third-order valence-electron chi connectivity index (χ3n) is 5.48. The van der Waals surface area contributed by atoms with Gasteiger partial charge in [-0.25, -0.2) is 9.69 Å². The fourth-order valence-electron chi connectivity index (χ4n) is 4.39. The third-order valence-corrected chi connectivity index (χ3v) is 6.33. The molecule has 130 valence electrons. The van der Waals surface area contributed by atoms with E-state index in [0.717, 1.165) is 6.42 Å². The minimum Gasteiger partial charge on any atom is -0.422 e. The second kappa shape index (κ2) is 5.64. The number of benzene rings is 1. The molecular weight excluding hydrogens is 350 g/mol. The number of imide groups is 1. The molecule has 2 aromatic rings. The number of allylic oxidation sites excluding steroid dienone is 2. The molecule has 0 radical (unpaired) electrons. The van der Waals surface area contributed by atoms with Crippen LogP contribution in [0.4, 0.5) is 5.69 Å². The SMILES string of the molecule is O=C(Oc1cccc(N2C(=O)C3C4C=CC(C4)C3C2=O)c1)c1cccs1. The Labute approximate surface area is 153 Å². The zero-order chi connectivity index (χ0) is 17.8. The number of fused-ring (bicyclic) bond motifs is 5. The number of ether oxygens (including phenoxy) is 1. The topological polar surface area (TPSA) is 63.7 Å². The molecule has 4 atom stereocenters. The zero-order valence-electron chi connectivity index (χ0n) is 13.7. The number of amides is 2. The van der Waals surface area contributed by atoms with E-state index < -0.39 is 5.97 Å². The molecule has 26 heavy (non-hydrogen) atoms. The van der Waals surface area contributed by atoms with Crippen LogP contribution < -0.4 is 9.64 Å². The zero-order valence-corrected chi connectivity index (χ0v) is 14.5. The Bertz CT molecular complexity index is 918. The summed E-state index contributed by atoms with van der Waals surface area (Å²) in [4.78, 5) is 39.6. The molecule has 2 fully saturated rings. The highest BCUT2D eigenvalue weighted by molar-refractivity contribution is 7.12. The van der Waals surface area contributed by atoms with Gasteiger partial charge in [0.25, 0.3) is 0 Å². The molecule has 1 aliphatic heterocycles. The summed E-state index contributed by atoms with van der Waals surface area (Å²) >= 11 is 1.30. The molecule has 5 nitrogen and oxygen atoms in total. The molecule has 6 heteroatoms. The van der Waals surface area contributed by atoms with Crippen molar-refractivity contribution in [3.8, 4) is 5.75 Å². The number of rotatable bonds is 3. The van der Waals surface area contributed by atoms with Gasteiger partial charge in [0.1, 0.15) is 10.6 Å². The molecule has 2 amide bonds. The summed E-state index contributed by atoms with van der Waals surface area (Å²) in [5.41, 5.74) is 0.463. The lowest BCUT2D eigenvalue weighted by Crippen LogP contribution is -2.32. The third kappa shape index (κ3) is 2.18. The average Bonchev–Trinajstić information content (AvgIpc) is 3.39. The molecule has 1 aromatic carbocycles. The van der Waals surface area contributed by atoms with Crippen molar-refractivity contribution in [1.82, 2.24) is 0 Å². The van der Waals surface area contributed by atoms with E-state index in [1.54, 1.807) is 41.8 Å². The first-order valence-electron chi connectivity index (χ1n) is 8.55. The van der Waals surface area contributed by atoms with Crippen molar-refractivity contribution in [2.24, 2.45) is 23.7 Å². The maximum absolute atomic E-state index is 12.9. The first-order chi connectivity index (χ1) is 12.6. The second-order valence-electron chi connectivity index (χ2n) is 6.88. The highest BCUT2D eigenvalue weighted by Crippen LogP contribution is 2.53. The van der Waals surface area contributed by atoms with Crippen LogP contribution in [-0.4, -0.2) is 17.8 Å². The maximum Gasteiger partial charge on any atom is 0.353 e. The van der Waals surface area contributed by atoms with Crippen molar-refractivity contribution in [1.29, 1.82) is 0 Å². The molecule has 2 bridgehead atoms. The Morgan fingerprint density at radius 3 is 2.42 bits per heavy atom. The summed E-state index contributed by atoms with van der Waals surface area (Å²) < 4.78 is 5.39. The molecule has 5 rings (SSSR count). The van der Waals surface area contributed by atoms with Crippen LogP contribution in [-0.2, 0) is 9.59 Å². The van der Waals surface area contributed by atoms with E-state index in [0.29, 0.717) is 16.3 Å². The lowest BCUT2D eigenvalue weighted by Gasteiger charge is -2.17. The molecular formula is C20H15NO4S. The minimum atomic E-state index is -0.449. The van der Waals surface area contributed by atoms with E-state index in [1.807, 2.05) is 0 Å². The van der Waals surface area contributed by atoms with E-state index in [4.69, 9.17) is 4.74 Å². The Hall–Kier alpha value is -2.73. The van der Waals surface area contributed by atoms with Crippen molar-refractivity contribution in [2.75, 3.05) is 4.90 Å². The number of carbonyl (C=O) groups is 3. The minimum absolute atomic E-state index is 0.140. The maximum atomic E-state index is 12.9. The number of hydrogen-bond acceptors (Lipinski definition) is 5. The summed E-state index contributed by atoms with van der Waals surface area (Å²) in [6, 6.07) is 10.1. The van der Waals surface area contributed by atoms with E-state index in [9.17, 15) is 14.4 Å². The number of carbonyl (C=O) groups excluding carboxylic acids is 3. The average molecular weight is 365 g/mol. The van der Waals surface area contributed by atoms with Crippen molar-refractivity contribution in [3.05, 3.63) is 58.8 Å². The standard InChI is InChI=1S/C20H15NO4S/c22-18-16-11-6-7-12(9-11)17(16)19(23)21(18)13-3-1-4-14(10-13)25-20(24)15-5-2-8-26-15/h1-8,10-12,16-17H,9H2. The van der Waals surface area contributed by atoms with Crippen LogP contribution in [0, 0.1) is 23.7 Å². The second-order valence-corrected chi connectivity index (χ2v) is 7.82. The largest absolute Gasteiger partial charge is 0.422 e. The van der Waals surface area contributed by atoms with E-state index in [1.165, 1.54) is 16.2 Å². The molecule has 4 unspecified atom stereocenters. The van der Waals surface area contributed by atoms with Gasteiger partial charge in [0.2, 0.25) is 11.8 Å². The Morgan fingerprint density at radius 1 is 1.04 bits per heavy atom. The van der Waals surface area contributed by atoms with Gasteiger partial charge in [0.15, 0.2) is 0 Å². The van der Waals surface area contributed by atoms with Gasteiger partial charge in [-0.1, -0.05) is 24.3 Å². The van der Waals surface area contributed by atoms with Crippen molar-refractivity contribution >= 4 is 34.8 Å². The lowest BCUT2D eigenvalue weighted by atomic mass is 9.85. The predicted octanol–water partition coefficient (Wildman–Crippen LogP) is 3.28. The highest BCUT2D eigenvalue weighted by atomic mass is 32.1. The Morgan fingerprint density at radius 2 is 1.77 bits per heavy atom. The van der Waals surface area contributed by atoms with E-state index >= 15 is 0 Å². The van der Waals surface area contributed by atoms with Crippen LogP contribution in [0.1, 0.15) is 16.1 Å². The van der Waals surface area contributed by atoms with Gasteiger partial charge >= 0.3 is 5.97 Å². The number of hydrogen-bond donors (Lipinski definition) is 0. The number of nitrogens with zero attached hydrogens (tertiary/aromatic N) is 1. The van der Waals surface area contributed by atoms with Gasteiger partial charge in [-0.3, -0.25) is 9.59 Å². The summed E-state index contributed by atoms with van der Waals surface area (Å²) in [7, 11) is 0. The normalized spacial score (nSPS) is 28.7.